The molecule has 1 aromatic carbocycles. The summed E-state index contributed by atoms with van der Waals surface area (Å²) in [4.78, 5) is 4.04. The van der Waals surface area contributed by atoms with E-state index < -0.39 is 0 Å². The molecule has 0 aliphatic heterocycles. The lowest BCUT2D eigenvalue weighted by atomic mass is 10.1. The third-order valence-corrected chi connectivity index (χ3v) is 2.16. The Bertz CT molecular complexity index is 573. The number of nitriles is 1. The predicted octanol–water partition coefficient (Wildman–Crippen LogP) is 1.91. The van der Waals surface area contributed by atoms with Gasteiger partial charge in [0.2, 0.25) is 0 Å². The van der Waals surface area contributed by atoms with E-state index >= 15 is 0 Å². The average Bonchev–Trinajstić information content (AvgIpc) is 2.32. The number of benzene rings is 1. The van der Waals surface area contributed by atoms with Gasteiger partial charge in [0.05, 0.1) is 11.6 Å². The van der Waals surface area contributed by atoms with Crippen LogP contribution in [-0.2, 0) is 0 Å². The number of hydrogen-bond donors (Lipinski definition) is 2. The molecule has 0 aliphatic carbocycles. The first-order chi connectivity index (χ1) is 7.70. The molecule has 0 atom stereocenters. The Morgan fingerprint density at radius 1 is 1.25 bits per heavy atom. The van der Waals surface area contributed by atoms with Crippen LogP contribution in [0.5, 0.6) is 5.75 Å². The highest BCUT2D eigenvalue weighted by molar-refractivity contribution is 5.68. The second-order valence-electron chi connectivity index (χ2n) is 3.30. The third-order valence-electron chi connectivity index (χ3n) is 2.16. The number of rotatable bonds is 1. The number of pyridine rings is 1. The summed E-state index contributed by atoms with van der Waals surface area (Å²) in [5.74, 6) is 0.374. The average molecular weight is 211 g/mol. The number of nitrogens with two attached hydrogens (primary N) is 1. The molecule has 0 fully saturated rings. The molecule has 0 bridgehead atoms. The van der Waals surface area contributed by atoms with E-state index in [4.69, 9.17) is 11.0 Å². The Kier molecular flexibility index (Phi) is 2.44. The number of hydrogen-bond acceptors (Lipinski definition) is 4. The quantitative estimate of drug-likeness (QED) is 0.754. The monoisotopic (exact) mass is 211 g/mol. The molecule has 4 nitrogen and oxygen atoms in total. The van der Waals surface area contributed by atoms with Crippen molar-refractivity contribution >= 4 is 5.82 Å². The molecule has 0 unspecified atom stereocenters. The molecular formula is C12H9N3O. The van der Waals surface area contributed by atoms with E-state index in [0.717, 1.165) is 0 Å². The van der Waals surface area contributed by atoms with E-state index in [1.165, 1.54) is 12.1 Å². The molecule has 0 radical (unpaired) electrons. The standard InChI is InChI=1S/C12H9N3O/c13-7-8-2-1-3-9(6-8)12-10(16)4-5-11(14)15-12/h1-6,16H,(H2,14,15). The fraction of sp³-hybridized carbons (Fsp3) is 0. The van der Waals surface area contributed by atoms with Crippen LogP contribution in [0, 0.1) is 11.3 Å². The maximum absolute atomic E-state index is 9.65. The summed E-state index contributed by atoms with van der Waals surface area (Å²) in [5.41, 5.74) is 7.12. The van der Waals surface area contributed by atoms with Crippen molar-refractivity contribution in [3.63, 3.8) is 0 Å². The van der Waals surface area contributed by atoms with Crippen LogP contribution in [0.15, 0.2) is 36.4 Å². The van der Waals surface area contributed by atoms with Crippen LogP contribution in [0.4, 0.5) is 5.82 Å². The van der Waals surface area contributed by atoms with Gasteiger partial charge in [-0.05, 0) is 24.3 Å². The molecule has 4 heteroatoms. The van der Waals surface area contributed by atoms with Crippen molar-refractivity contribution in [2.24, 2.45) is 0 Å². The second-order valence-corrected chi connectivity index (χ2v) is 3.30. The van der Waals surface area contributed by atoms with Crippen LogP contribution < -0.4 is 5.73 Å². The number of aromatic nitrogens is 1. The fourth-order valence-electron chi connectivity index (χ4n) is 1.42. The van der Waals surface area contributed by atoms with E-state index in [-0.39, 0.29) is 5.75 Å². The maximum atomic E-state index is 9.65. The normalized spacial score (nSPS) is 9.69. The van der Waals surface area contributed by atoms with E-state index in [2.05, 4.69) is 4.98 Å². The number of nitrogens with zero attached hydrogens (tertiary/aromatic N) is 2. The minimum Gasteiger partial charge on any atom is -0.506 e. The van der Waals surface area contributed by atoms with Crippen molar-refractivity contribution in [2.75, 3.05) is 5.73 Å². The zero-order chi connectivity index (χ0) is 11.5. The Labute approximate surface area is 92.6 Å². The van der Waals surface area contributed by atoms with Gasteiger partial charge in [0, 0.05) is 5.56 Å². The lowest BCUT2D eigenvalue weighted by molar-refractivity contribution is 0.475. The topological polar surface area (TPSA) is 82.9 Å². The van der Waals surface area contributed by atoms with Crippen molar-refractivity contribution in [3.8, 4) is 23.1 Å². The SMILES string of the molecule is N#Cc1cccc(-c2nc(N)ccc2O)c1. The first kappa shape index (κ1) is 9.99. The lowest BCUT2D eigenvalue weighted by Gasteiger charge is -2.04. The van der Waals surface area contributed by atoms with Crippen LogP contribution in [0.2, 0.25) is 0 Å². The first-order valence-electron chi connectivity index (χ1n) is 4.67. The Morgan fingerprint density at radius 3 is 2.81 bits per heavy atom. The van der Waals surface area contributed by atoms with Crippen molar-refractivity contribution < 1.29 is 5.11 Å². The number of nitrogen functional groups attached to an aromatic ring is 1. The molecule has 0 saturated heterocycles. The Morgan fingerprint density at radius 2 is 2.06 bits per heavy atom. The molecule has 0 spiro atoms. The zero-order valence-electron chi connectivity index (χ0n) is 8.38. The fourth-order valence-corrected chi connectivity index (χ4v) is 1.42. The van der Waals surface area contributed by atoms with Crippen LogP contribution in [0.1, 0.15) is 5.56 Å². The van der Waals surface area contributed by atoms with Gasteiger partial charge in [0.25, 0.3) is 0 Å². The van der Waals surface area contributed by atoms with Crippen molar-refractivity contribution in [1.82, 2.24) is 4.98 Å². The van der Waals surface area contributed by atoms with Crippen molar-refractivity contribution in [1.29, 1.82) is 5.26 Å². The molecule has 78 valence electrons. The summed E-state index contributed by atoms with van der Waals surface area (Å²) in [6, 6.07) is 11.9. The van der Waals surface area contributed by atoms with Crippen LogP contribution in [0.25, 0.3) is 11.3 Å². The molecule has 1 heterocycles. The van der Waals surface area contributed by atoms with Crippen molar-refractivity contribution in [3.05, 3.63) is 42.0 Å². The summed E-state index contributed by atoms with van der Waals surface area (Å²) in [6.07, 6.45) is 0. The van der Waals surface area contributed by atoms with Gasteiger partial charge in [-0.3, -0.25) is 0 Å². The summed E-state index contributed by atoms with van der Waals surface area (Å²) in [5, 5.41) is 18.4. The number of aromatic hydroxyl groups is 1. The highest BCUT2D eigenvalue weighted by Crippen LogP contribution is 2.28. The largest absolute Gasteiger partial charge is 0.506 e. The Balaban J connectivity index is 2.58. The first-order valence-corrected chi connectivity index (χ1v) is 4.67. The summed E-state index contributed by atoms with van der Waals surface area (Å²) >= 11 is 0. The van der Waals surface area contributed by atoms with Gasteiger partial charge in [-0.2, -0.15) is 5.26 Å². The molecule has 3 N–H and O–H groups in total. The molecular weight excluding hydrogens is 202 g/mol. The second kappa shape index (κ2) is 3.91. The third kappa shape index (κ3) is 1.79. The summed E-state index contributed by atoms with van der Waals surface area (Å²) in [7, 11) is 0. The van der Waals surface area contributed by atoms with Gasteiger partial charge in [-0.25, -0.2) is 4.98 Å². The minimum atomic E-state index is 0.0456. The number of anilines is 1. The van der Waals surface area contributed by atoms with Crippen LogP contribution in [-0.4, -0.2) is 10.1 Å². The van der Waals surface area contributed by atoms with Crippen LogP contribution >= 0.6 is 0 Å². The van der Waals surface area contributed by atoms with E-state index in [9.17, 15) is 5.11 Å². The molecule has 0 aliphatic rings. The summed E-state index contributed by atoms with van der Waals surface area (Å²) in [6.45, 7) is 0. The smallest absolute Gasteiger partial charge is 0.142 e. The zero-order valence-corrected chi connectivity index (χ0v) is 8.38. The van der Waals surface area contributed by atoms with Gasteiger partial charge in [-0.15, -0.1) is 0 Å². The summed E-state index contributed by atoms with van der Waals surface area (Å²) < 4.78 is 0. The molecule has 16 heavy (non-hydrogen) atoms. The highest BCUT2D eigenvalue weighted by atomic mass is 16.3. The molecule has 0 saturated carbocycles. The van der Waals surface area contributed by atoms with Crippen molar-refractivity contribution in [2.45, 2.75) is 0 Å². The van der Waals surface area contributed by atoms with Gasteiger partial charge < -0.3 is 10.8 Å². The van der Waals surface area contributed by atoms with E-state index in [0.29, 0.717) is 22.6 Å². The van der Waals surface area contributed by atoms with Gasteiger partial charge in [0.1, 0.15) is 17.3 Å². The molecule has 2 aromatic rings. The van der Waals surface area contributed by atoms with E-state index in [1.54, 1.807) is 24.3 Å². The highest BCUT2D eigenvalue weighted by Gasteiger charge is 2.06. The predicted molar refractivity (Wildman–Crippen MR) is 60.5 cm³/mol. The molecule has 2 rings (SSSR count). The lowest BCUT2D eigenvalue weighted by Crippen LogP contribution is -1.92. The van der Waals surface area contributed by atoms with Crippen LogP contribution in [0.3, 0.4) is 0 Å². The van der Waals surface area contributed by atoms with Gasteiger partial charge >= 0.3 is 0 Å². The molecule has 1 aromatic heterocycles. The maximum Gasteiger partial charge on any atom is 0.142 e. The van der Waals surface area contributed by atoms with E-state index in [1.807, 2.05) is 6.07 Å². The van der Waals surface area contributed by atoms with Gasteiger partial charge in [0.15, 0.2) is 0 Å². The minimum absolute atomic E-state index is 0.0456. The van der Waals surface area contributed by atoms with Gasteiger partial charge in [-0.1, -0.05) is 12.1 Å². The molecule has 0 amide bonds. The Hall–Kier alpha value is -2.54.